The van der Waals surface area contributed by atoms with Crippen LogP contribution in [0.25, 0.3) is 28.4 Å². The fourth-order valence-corrected chi connectivity index (χ4v) is 2.11. The molecule has 0 unspecified atom stereocenters. The van der Waals surface area contributed by atoms with Crippen molar-refractivity contribution in [2.45, 2.75) is 6.92 Å². The van der Waals surface area contributed by atoms with E-state index < -0.39 is 0 Å². The van der Waals surface area contributed by atoms with Crippen molar-refractivity contribution in [2.75, 3.05) is 7.11 Å². The van der Waals surface area contributed by atoms with Gasteiger partial charge in [0.1, 0.15) is 17.0 Å². The fraction of sp³-hybridized carbons (Fsp3) is 0.125. The number of nitrogens with zero attached hydrogens (tertiary/aromatic N) is 2. The van der Waals surface area contributed by atoms with Gasteiger partial charge in [0.2, 0.25) is 0 Å². The van der Waals surface area contributed by atoms with Gasteiger partial charge in [-0.3, -0.25) is 0 Å². The summed E-state index contributed by atoms with van der Waals surface area (Å²) in [6, 6.07) is 9.72. The van der Waals surface area contributed by atoms with Crippen LogP contribution >= 0.6 is 0 Å². The van der Waals surface area contributed by atoms with Gasteiger partial charge in [0.15, 0.2) is 5.58 Å². The molecule has 0 saturated heterocycles. The fourth-order valence-electron chi connectivity index (χ4n) is 2.11. The van der Waals surface area contributed by atoms with Crippen molar-refractivity contribution in [2.24, 2.45) is 0 Å². The van der Waals surface area contributed by atoms with Crippen LogP contribution < -0.4 is 4.74 Å². The lowest BCUT2D eigenvalue weighted by atomic mass is 10.1. The molecule has 4 heteroatoms. The third kappa shape index (κ3) is 1.95. The van der Waals surface area contributed by atoms with Crippen molar-refractivity contribution in [1.29, 1.82) is 0 Å². The number of ether oxygens (including phenoxy) is 1. The lowest BCUT2D eigenvalue weighted by molar-refractivity contribution is 0.415. The Morgan fingerprint density at radius 3 is 2.65 bits per heavy atom. The lowest BCUT2D eigenvalue weighted by Gasteiger charge is -2.05. The molecule has 0 fully saturated rings. The Labute approximate surface area is 116 Å². The standard InChI is InChI=1S/C16H14N2O2/c1-4-11-9-14(12-5-7-13(19-3)8-6-12)17-15-10(2)18-20-16(11)15/h4-9H,1H2,2-3H3. The van der Waals surface area contributed by atoms with Crippen LogP contribution in [0.5, 0.6) is 5.75 Å². The predicted molar refractivity (Wildman–Crippen MR) is 78.6 cm³/mol. The maximum absolute atomic E-state index is 5.29. The topological polar surface area (TPSA) is 48.2 Å². The van der Waals surface area contributed by atoms with Gasteiger partial charge in [0.25, 0.3) is 0 Å². The SMILES string of the molecule is C=Cc1cc(-c2ccc(OC)cc2)nc2c(C)noc12. The monoisotopic (exact) mass is 266 g/mol. The number of fused-ring (bicyclic) bond motifs is 1. The number of methoxy groups -OCH3 is 1. The quantitative estimate of drug-likeness (QED) is 0.722. The molecule has 4 nitrogen and oxygen atoms in total. The van der Waals surface area contributed by atoms with Crippen molar-refractivity contribution >= 4 is 17.2 Å². The molecule has 0 aliphatic heterocycles. The van der Waals surface area contributed by atoms with E-state index in [0.717, 1.165) is 33.8 Å². The van der Waals surface area contributed by atoms with Crippen molar-refractivity contribution in [1.82, 2.24) is 10.1 Å². The van der Waals surface area contributed by atoms with Crippen LogP contribution in [-0.4, -0.2) is 17.3 Å². The summed E-state index contributed by atoms with van der Waals surface area (Å²) in [7, 11) is 1.65. The molecule has 0 N–H and O–H groups in total. The predicted octanol–water partition coefficient (Wildman–Crippen LogP) is 3.85. The van der Waals surface area contributed by atoms with E-state index in [-0.39, 0.29) is 0 Å². The highest BCUT2D eigenvalue weighted by Crippen LogP contribution is 2.28. The first-order valence-electron chi connectivity index (χ1n) is 6.27. The van der Waals surface area contributed by atoms with E-state index in [2.05, 4.69) is 16.7 Å². The maximum Gasteiger partial charge on any atom is 0.192 e. The molecule has 0 saturated carbocycles. The van der Waals surface area contributed by atoms with E-state index in [9.17, 15) is 0 Å². The van der Waals surface area contributed by atoms with Crippen molar-refractivity contribution in [3.05, 3.63) is 48.2 Å². The average Bonchev–Trinajstić information content (AvgIpc) is 2.88. The molecule has 0 bridgehead atoms. The number of aromatic nitrogens is 2. The van der Waals surface area contributed by atoms with Crippen LogP contribution in [0.4, 0.5) is 0 Å². The van der Waals surface area contributed by atoms with Gasteiger partial charge in [-0.1, -0.05) is 17.8 Å². The van der Waals surface area contributed by atoms with Gasteiger partial charge < -0.3 is 9.26 Å². The Hall–Kier alpha value is -2.62. The van der Waals surface area contributed by atoms with Crippen LogP contribution in [0.3, 0.4) is 0 Å². The summed E-state index contributed by atoms with van der Waals surface area (Å²) in [6.45, 7) is 5.70. The number of pyridine rings is 1. The number of hydrogen-bond donors (Lipinski definition) is 0. The Bertz CT molecular complexity index is 773. The molecule has 0 radical (unpaired) electrons. The van der Waals surface area contributed by atoms with Gasteiger partial charge >= 0.3 is 0 Å². The first-order valence-corrected chi connectivity index (χ1v) is 6.27. The summed E-state index contributed by atoms with van der Waals surface area (Å²) in [6.07, 6.45) is 1.75. The molecule has 2 heterocycles. The number of hydrogen-bond acceptors (Lipinski definition) is 4. The van der Waals surface area contributed by atoms with E-state index in [1.807, 2.05) is 37.3 Å². The Morgan fingerprint density at radius 2 is 2.00 bits per heavy atom. The molecule has 100 valence electrons. The van der Waals surface area contributed by atoms with E-state index in [0.29, 0.717) is 5.58 Å². The zero-order valence-electron chi connectivity index (χ0n) is 11.4. The Balaban J connectivity index is 2.19. The molecule has 3 aromatic rings. The summed E-state index contributed by atoms with van der Waals surface area (Å²) < 4.78 is 10.5. The van der Waals surface area contributed by atoms with Gasteiger partial charge in [-0.2, -0.15) is 0 Å². The van der Waals surface area contributed by atoms with Crippen molar-refractivity contribution < 1.29 is 9.26 Å². The number of aryl methyl sites for hydroxylation is 1. The molecular weight excluding hydrogens is 252 g/mol. The molecule has 1 aromatic carbocycles. The van der Waals surface area contributed by atoms with E-state index in [4.69, 9.17) is 9.26 Å². The van der Waals surface area contributed by atoms with Gasteiger partial charge in [-0.25, -0.2) is 4.98 Å². The highest BCUT2D eigenvalue weighted by Gasteiger charge is 2.12. The van der Waals surface area contributed by atoms with E-state index in [1.165, 1.54) is 0 Å². The van der Waals surface area contributed by atoms with E-state index >= 15 is 0 Å². The summed E-state index contributed by atoms with van der Waals surface area (Å²) in [4.78, 5) is 4.62. The Morgan fingerprint density at radius 1 is 1.25 bits per heavy atom. The second-order valence-electron chi connectivity index (χ2n) is 4.48. The zero-order valence-corrected chi connectivity index (χ0v) is 11.4. The highest BCUT2D eigenvalue weighted by atomic mass is 16.5. The first kappa shape index (κ1) is 12.4. The third-order valence-corrected chi connectivity index (χ3v) is 3.22. The van der Waals surface area contributed by atoms with Crippen molar-refractivity contribution in [3.63, 3.8) is 0 Å². The van der Waals surface area contributed by atoms with Gasteiger partial charge in [0, 0.05) is 11.1 Å². The third-order valence-electron chi connectivity index (χ3n) is 3.22. The molecule has 0 aliphatic carbocycles. The molecule has 3 rings (SSSR count). The van der Waals surface area contributed by atoms with Crippen molar-refractivity contribution in [3.8, 4) is 17.0 Å². The molecule has 0 amide bonds. The number of rotatable bonds is 3. The minimum atomic E-state index is 0.676. The largest absolute Gasteiger partial charge is 0.497 e. The van der Waals surface area contributed by atoms with Crippen LogP contribution in [0.1, 0.15) is 11.3 Å². The van der Waals surface area contributed by atoms with Gasteiger partial charge in [-0.15, -0.1) is 0 Å². The summed E-state index contributed by atoms with van der Waals surface area (Å²) in [5.74, 6) is 0.819. The maximum atomic E-state index is 5.29. The minimum Gasteiger partial charge on any atom is -0.497 e. The lowest BCUT2D eigenvalue weighted by Crippen LogP contribution is -1.88. The average molecular weight is 266 g/mol. The smallest absolute Gasteiger partial charge is 0.192 e. The zero-order chi connectivity index (χ0) is 14.1. The normalized spacial score (nSPS) is 10.7. The highest BCUT2D eigenvalue weighted by molar-refractivity contribution is 5.86. The van der Waals surface area contributed by atoms with Gasteiger partial charge in [0.05, 0.1) is 12.8 Å². The molecule has 0 spiro atoms. The van der Waals surface area contributed by atoms with Crippen LogP contribution in [0.2, 0.25) is 0 Å². The molecule has 0 atom stereocenters. The van der Waals surface area contributed by atoms with E-state index in [1.54, 1.807) is 13.2 Å². The molecular formula is C16H14N2O2. The number of benzene rings is 1. The Kier molecular flexibility index (Phi) is 2.99. The van der Waals surface area contributed by atoms with Crippen LogP contribution in [0, 0.1) is 6.92 Å². The molecule has 20 heavy (non-hydrogen) atoms. The minimum absolute atomic E-state index is 0.676. The van der Waals surface area contributed by atoms with Crippen LogP contribution in [0.15, 0.2) is 41.4 Å². The summed E-state index contributed by atoms with van der Waals surface area (Å²) in [5.41, 5.74) is 4.99. The summed E-state index contributed by atoms with van der Waals surface area (Å²) >= 11 is 0. The first-order chi connectivity index (χ1) is 9.72. The summed E-state index contributed by atoms with van der Waals surface area (Å²) in [5, 5.41) is 3.96. The van der Waals surface area contributed by atoms with Gasteiger partial charge in [-0.05, 0) is 37.3 Å². The van der Waals surface area contributed by atoms with Crippen LogP contribution in [-0.2, 0) is 0 Å². The molecule has 2 aromatic heterocycles. The second-order valence-corrected chi connectivity index (χ2v) is 4.48. The second kappa shape index (κ2) is 4.81. The molecule has 0 aliphatic rings.